The van der Waals surface area contributed by atoms with Crippen LogP contribution in [0.4, 0.5) is 17.3 Å². The summed E-state index contributed by atoms with van der Waals surface area (Å²) >= 11 is 0. The summed E-state index contributed by atoms with van der Waals surface area (Å²) in [5.41, 5.74) is 7.40. The number of carboxylic acid groups (broad SMARTS) is 1. The van der Waals surface area contributed by atoms with Gasteiger partial charge in [-0.1, -0.05) is 12.1 Å². The van der Waals surface area contributed by atoms with Gasteiger partial charge >= 0.3 is 5.97 Å². The molecule has 4 N–H and O–H groups in total. The molecular weight excluding hydrogens is 310 g/mol. The average molecular weight is 329 g/mol. The molecule has 8 heteroatoms. The van der Waals surface area contributed by atoms with E-state index >= 15 is 0 Å². The quantitative estimate of drug-likeness (QED) is 0.758. The second-order valence-corrected chi connectivity index (χ2v) is 5.68. The lowest BCUT2D eigenvalue weighted by atomic mass is 10.1. The fourth-order valence-electron chi connectivity index (χ4n) is 3.08. The lowest BCUT2D eigenvalue weighted by molar-refractivity contribution is 0.0697. The number of nitrogens with one attached hydrogen (secondary N) is 1. The number of benzene rings is 1. The highest BCUT2D eigenvalue weighted by Gasteiger charge is 2.24. The largest absolute Gasteiger partial charge is 0.478 e. The number of aromatic carboxylic acids is 1. The summed E-state index contributed by atoms with van der Waals surface area (Å²) < 4.78 is 0. The lowest BCUT2D eigenvalue weighted by Crippen LogP contribution is -2.48. The number of carbonyl (C=O) groups is 1. The summed E-state index contributed by atoms with van der Waals surface area (Å²) in [6, 6.07) is 6.95. The van der Waals surface area contributed by atoms with Gasteiger partial charge in [-0.15, -0.1) is 0 Å². The van der Waals surface area contributed by atoms with Crippen molar-refractivity contribution in [1.82, 2.24) is 9.97 Å². The minimum Gasteiger partial charge on any atom is -0.478 e. The highest BCUT2D eigenvalue weighted by atomic mass is 16.4. The van der Waals surface area contributed by atoms with Crippen molar-refractivity contribution >= 4 is 23.3 Å². The van der Waals surface area contributed by atoms with Gasteiger partial charge in [0.25, 0.3) is 5.56 Å². The van der Waals surface area contributed by atoms with E-state index in [9.17, 15) is 14.7 Å². The maximum absolute atomic E-state index is 12.1. The summed E-state index contributed by atoms with van der Waals surface area (Å²) in [5.74, 6) is -0.835. The summed E-state index contributed by atoms with van der Waals surface area (Å²) in [7, 11) is 0. The van der Waals surface area contributed by atoms with Crippen molar-refractivity contribution in [3.8, 4) is 0 Å². The number of aryl methyl sites for hydroxylation is 1. The van der Waals surface area contributed by atoms with Gasteiger partial charge in [-0.2, -0.15) is 0 Å². The maximum Gasteiger partial charge on any atom is 0.337 e. The fraction of sp³-hybridized carbons (Fsp3) is 0.312. The predicted octanol–water partition coefficient (Wildman–Crippen LogP) is 0.685. The number of H-pyrrole nitrogens is 1. The molecule has 1 saturated heterocycles. The van der Waals surface area contributed by atoms with Crippen LogP contribution in [0.25, 0.3) is 0 Å². The maximum atomic E-state index is 12.1. The van der Waals surface area contributed by atoms with E-state index in [-0.39, 0.29) is 17.1 Å². The number of nitrogen functional groups attached to an aromatic ring is 1. The van der Waals surface area contributed by atoms with Gasteiger partial charge in [-0.3, -0.25) is 9.78 Å². The van der Waals surface area contributed by atoms with Crippen LogP contribution in [-0.4, -0.2) is 47.2 Å². The first-order valence-electron chi connectivity index (χ1n) is 7.66. The van der Waals surface area contributed by atoms with Gasteiger partial charge in [0.1, 0.15) is 5.69 Å². The summed E-state index contributed by atoms with van der Waals surface area (Å²) in [5, 5.41) is 9.32. The third-order valence-corrected chi connectivity index (χ3v) is 4.16. The van der Waals surface area contributed by atoms with Crippen molar-refractivity contribution in [3.63, 3.8) is 0 Å². The number of hydrogen-bond donors (Lipinski definition) is 3. The summed E-state index contributed by atoms with van der Waals surface area (Å²) in [4.78, 5) is 34.1. The molecule has 0 aliphatic carbocycles. The lowest BCUT2D eigenvalue weighted by Gasteiger charge is -2.37. The minimum atomic E-state index is -0.942. The van der Waals surface area contributed by atoms with Crippen molar-refractivity contribution in [2.24, 2.45) is 0 Å². The van der Waals surface area contributed by atoms with E-state index < -0.39 is 5.97 Å². The zero-order chi connectivity index (χ0) is 17.3. The number of carboxylic acids is 1. The average Bonchev–Trinajstić information content (AvgIpc) is 2.54. The monoisotopic (exact) mass is 329 g/mol. The molecule has 1 aromatic carbocycles. The van der Waals surface area contributed by atoms with E-state index in [2.05, 4.69) is 9.97 Å². The van der Waals surface area contributed by atoms with Crippen LogP contribution in [-0.2, 0) is 0 Å². The fourth-order valence-corrected chi connectivity index (χ4v) is 3.08. The number of rotatable bonds is 3. The molecule has 2 heterocycles. The van der Waals surface area contributed by atoms with Crippen LogP contribution in [0.3, 0.4) is 0 Å². The molecule has 3 rings (SSSR count). The van der Waals surface area contributed by atoms with Crippen molar-refractivity contribution in [3.05, 3.63) is 45.9 Å². The number of nitrogens with zero attached hydrogens (tertiary/aromatic N) is 3. The first-order valence-corrected chi connectivity index (χ1v) is 7.66. The Kier molecular flexibility index (Phi) is 4.11. The van der Waals surface area contributed by atoms with Crippen LogP contribution in [0.1, 0.15) is 16.1 Å². The highest BCUT2D eigenvalue weighted by molar-refractivity contribution is 5.94. The third kappa shape index (κ3) is 2.90. The van der Waals surface area contributed by atoms with Crippen LogP contribution in [0.15, 0.2) is 29.1 Å². The number of anilines is 3. The van der Waals surface area contributed by atoms with Gasteiger partial charge < -0.3 is 20.6 Å². The normalized spacial score (nSPS) is 14.7. The van der Waals surface area contributed by atoms with Gasteiger partial charge in [0, 0.05) is 26.2 Å². The van der Waals surface area contributed by atoms with Crippen LogP contribution < -0.4 is 21.1 Å². The van der Waals surface area contributed by atoms with E-state index in [0.29, 0.717) is 43.2 Å². The zero-order valence-corrected chi connectivity index (χ0v) is 13.3. The number of para-hydroxylation sites is 1. The third-order valence-electron chi connectivity index (χ3n) is 4.16. The summed E-state index contributed by atoms with van der Waals surface area (Å²) in [6.07, 6.45) is 0. The van der Waals surface area contributed by atoms with Crippen LogP contribution in [0.5, 0.6) is 0 Å². The minimum absolute atomic E-state index is 0.107. The van der Waals surface area contributed by atoms with Gasteiger partial charge in [0.15, 0.2) is 0 Å². The summed E-state index contributed by atoms with van der Waals surface area (Å²) in [6.45, 7) is 4.20. The van der Waals surface area contributed by atoms with Gasteiger partial charge in [-0.05, 0) is 19.1 Å². The molecular formula is C16H19N5O3. The van der Waals surface area contributed by atoms with Gasteiger partial charge in [-0.25, -0.2) is 9.78 Å². The van der Waals surface area contributed by atoms with Crippen molar-refractivity contribution < 1.29 is 9.90 Å². The van der Waals surface area contributed by atoms with E-state index in [1.165, 1.54) is 0 Å². The van der Waals surface area contributed by atoms with E-state index in [1.807, 2.05) is 21.9 Å². The molecule has 0 amide bonds. The topological polar surface area (TPSA) is 116 Å². The van der Waals surface area contributed by atoms with Crippen molar-refractivity contribution in [2.45, 2.75) is 6.92 Å². The smallest absolute Gasteiger partial charge is 0.337 e. The number of hydrogen-bond acceptors (Lipinski definition) is 6. The Labute approximate surface area is 138 Å². The molecule has 2 aromatic rings. The molecule has 0 unspecified atom stereocenters. The number of aromatic nitrogens is 2. The molecule has 126 valence electrons. The second kappa shape index (κ2) is 6.23. The first kappa shape index (κ1) is 15.9. The molecule has 1 aliphatic heterocycles. The zero-order valence-electron chi connectivity index (χ0n) is 13.3. The Morgan fingerprint density at radius 1 is 1.21 bits per heavy atom. The van der Waals surface area contributed by atoms with Crippen LogP contribution in [0, 0.1) is 6.92 Å². The first-order chi connectivity index (χ1) is 11.5. The molecule has 0 bridgehead atoms. The van der Waals surface area contributed by atoms with Crippen molar-refractivity contribution in [1.29, 1.82) is 0 Å². The Bertz CT molecular complexity index is 825. The van der Waals surface area contributed by atoms with E-state index in [4.69, 9.17) is 5.73 Å². The van der Waals surface area contributed by atoms with E-state index in [1.54, 1.807) is 19.1 Å². The standard InChI is InChI=1S/C16H19N5O3/c1-10-13(14(22)19-16(17)18-10)21-8-6-20(7-9-21)12-5-3-2-4-11(12)15(23)24/h2-5H,6-9H2,1H3,(H,23,24)(H3,17,18,19,22). The Balaban J connectivity index is 1.80. The van der Waals surface area contributed by atoms with Crippen LogP contribution >= 0.6 is 0 Å². The van der Waals surface area contributed by atoms with Gasteiger partial charge in [0.05, 0.1) is 16.9 Å². The number of aromatic amines is 1. The molecule has 1 aromatic heterocycles. The predicted molar refractivity (Wildman–Crippen MR) is 91.8 cm³/mol. The SMILES string of the molecule is Cc1nc(N)[nH]c(=O)c1N1CCN(c2ccccc2C(=O)O)CC1. The molecule has 0 atom stereocenters. The molecule has 24 heavy (non-hydrogen) atoms. The van der Waals surface area contributed by atoms with E-state index in [0.717, 1.165) is 0 Å². The molecule has 1 fully saturated rings. The second-order valence-electron chi connectivity index (χ2n) is 5.68. The molecule has 0 radical (unpaired) electrons. The van der Waals surface area contributed by atoms with Gasteiger partial charge in [0.2, 0.25) is 5.95 Å². The molecule has 1 aliphatic rings. The molecule has 0 saturated carbocycles. The van der Waals surface area contributed by atoms with Crippen LogP contribution in [0.2, 0.25) is 0 Å². The Morgan fingerprint density at radius 3 is 2.46 bits per heavy atom. The number of piperazine rings is 1. The Hall–Kier alpha value is -3.03. The van der Waals surface area contributed by atoms with Crippen molar-refractivity contribution in [2.75, 3.05) is 41.7 Å². The highest BCUT2D eigenvalue weighted by Crippen LogP contribution is 2.23. The molecule has 0 spiro atoms. The number of nitrogens with two attached hydrogens (primary N) is 1. The molecule has 8 nitrogen and oxygen atoms in total. The Morgan fingerprint density at radius 2 is 1.83 bits per heavy atom.